The van der Waals surface area contributed by atoms with Crippen molar-refractivity contribution in [2.45, 2.75) is 75.2 Å². The van der Waals surface area contributed by atoms with E-state index in [-0.39, 0.29) is 16.6 Å². The number of carbonyl (C=O) groups excluding carboxylic acids is 1. The summed E-state index contributed by atoms with van der Waals surface area (Å²) in [4.78, 5) is 11.9. The van der Waals surface area contributed by atoms with E-state index >= 15 is 0 Å². The highest BCUT2D eigenvalue weighted by molar-refractivity contribution is 8.00. The van der Waals surface area contributed by atoms with E-state index in [0.29, 0.717) is 6.04 Å². The molecule has 1 aliphatic rings. The molecule has 1 atom stereocenters. The van der Waals surface area contributed by atoms with Crippen molar-refractivity contribution < 1.29 is 9.53 Å². The van der Waals surface area contributed by atoms with Crippen LogP contribution in [0.25, 0.3) is 11.4 Å². The highest BCUT2D eigenvalue weighted by atomic mass is 32.2. The van der Waals surface area contributed by atoms with Crippen molar-refractivity contribution in [3.05, 3.63) is 29.8 Å². The Morgan fingerprint density at radius 1 is 1.19 bits per heavy atom. The van der Waals surface area contributed by atoms with Crippen LogP contribution in [0.5, 0.6) is 0 Å². The van der Waals surface area contributed by atoms with Gasteiger partial charge in [-0.05, 0) is 30.7 Å². The minimum absolute atomic E-state index is 0.120. The number of methoxy groups -OCH3 is 1. The third-order valence-electron chi connectivity index (χ3n) is 5.18. The predicted octanol–water partition coefficient (Wildman–Crippen LogP) is 5.01. The zero-order chi connectivity index (χ0) is 19.6. The number of rotatable bonds is 5. The molecule has 1 aromatic carbocycles. The second-order valence-corrected chi connectivity index (χ2v) is 9.53. The van der Waals surface area contributed by atoms with Gasteiger partial charge in [0.25, 0.3) is 0 Å². The lowest BCUT2D eigenvalue weighted by Gasteiger charge is -2.20. The van der Waals surface area contributed by atoms with E-state index in [2.05, 4.69) is 59.8 Å². The molecule has 27 heavy (non-hydrogen) atoms. The van der Waals surface area contributed by atoms with Gasteiger partial charge >= 0.3 is 5.97 Å². The smallest absolute Gasteiger partial charge is 0.318 e. The number of ether oxygens (including phenoxy) is 1. The van der Waals surface area contributed by atoms with Crippen LogP contribution in [-0.2, 0) is 14.9 Å². The second kappa shape index (κ2) is 8.05. The fourth-order valence-corrected chi connectivity index (χ4v) is 4.48. The van der Waals surface area contributed by atoms with Crippen molar-refractivity contribution in [3.8, 4) is 11.4 Å². The molecule has 6 heteroatoms. The summed E-state index contributed by atoms with van der Waals surface area (Å²) in [6.07, 6.45) is 4.71. The monoisotopic (exact) mass is 387 g/mol. The number of carbonyl (C=O) groups is 1. The SMILES string of the molecule is COC(=O)[C@@H](C)Sc1nnc(-c2ccc(C(C)(C)C)cc2)n1C1CCCC1. The Balaban J connectivity index is 1.96. The first-order valence-corrected chi connectivity index (χ1v) is 10.5. The van der Waals surface area contributed by atoms with Crippen LogP contribution in [0.3, 0.4) is 0 Å². The van der Waals surface area contributed by atoms with Gasteiger partial charge in [0.05, 0.1) is 7.11 Å². The molecule has 0 unspecified atom stereocenters. The number of nitrogens with zero attached hydrogens (tertiary/aromatic N) is 3. The highest BCUT2D eigenvalue weighted by Gasteiger charge is 2.27. The molecule has 1 heterocycles. The van der Waals surface area contributed by atoms with Gasteiger partial charge in [0.2, 0.25) is 0 Å². The molecule has 0 N–H and O–H groups in total. The lowest BCUT2D eigenvalue weighted by Crippen LogP contribution is -2.17. The minimum Gasteiger partial charge on any atom is -0.468 e. The summed E-state index contributed by atoms with van der Waals surface area (Å²) in [5.41, 5.74) is 2.49. The van der Waals surface area contributed by atoms with Gasteiger partial charge in [0, 0.05) is 11.6 Å². The van der Waals surface area contributed by atoms with Gasteiger partial charge in [-0.15, -0.1) is 10.2 Å². The average Bonchev–Trinajstić information content (AvgIpc) is 3.29. The fraction of sp³-hybridized carbons (Fsp3) is 0.571. The topological polar surface area (TPSA) is 57.0 Å². The highest BCUT2D eigenvalue weighted by Crippen LogP contribution is 2.38. The van der Waals surface area contributed by atoms with Gasteiger partial charge < -0.3 is 4.74 Å². The number of hydrogen-bond donors (Lipinski definition) is 0. The third-order valence-corrected chi connectivity index (χ3v) is 6.21. The molecular weight excluding hydrogens is 358 g/mol. The van der Waals surface area contributed by atoms with Gasteiger partial charge in [-0.2, -0.15) is 0 Å². The molecule has 1 aliphatic carbocycles. The van der Waals surface area contributed by atoms with E-state index in [1.807, 2.05) is 6.92 Å². The minimum atomic E-state index is -0.310. The summed E-state index contributed by atoms with van der Waals surface area (Å²) in [7, 11) is 1.42. The van der Waals surface area contributed by atoms with Crippen molar-refractivity contribution >= 4 is 17.7 Å². The Morgan fingerprint density at radius 3 is 2.37 bits per heavy atom. The van der Waals surface area contributed by atoms with Crippen LogP contribution in [0.2, 0.25) is 0 Å². The molecule has 146 valence electrons. The third kappa shape index (κ3) is 4.37. The first-order chi connectivity index (χ1) is 12.8. The molecule has 3 rings (SSSR count). The lowest BCUT2D eigenvalue weighted by atomic mass is 9.86. The van der Waals surface area contributed by atoms with Crippen molar-refractivity contribution in [2.75, 3.05) is 7.11 Å². The van der Waals surface area contributed by atoms with Crippen LogP contribution in [0.1, 0.15) is 65.0 Å². The van der Waals surface area contributed by atoms with Crippen LogP contribution in [0, 0.1) is 0 Å². The predicted molar refractivity (Wildman–Crippen MR) is 109 cm³/mol. The molecule has 0 spiro atoms. The Kier molecular flexibility index (Phi) is 5.94. The van der Waals surface area contributed by atoms with Crippen LogP contribution >= 0.6 is 11.8 Å². The quantitative estimate of drug-likeness (QED) is 0.533. The van der Waals surface area contributed by atoms with Crippen LogP contribution in [0.15, 0.2) is 29.4 Å². The van der Waals surface area contributed by atoms with E-state index in [0.717, 1.165) is 29.4 Å². The Morgan fingerprint density at radius 2 is 1.81 bits per heavy atom. The summed E-state index contributed by atoms with van der Waals surface area (Å²) in [6.45, 7) is 8.49. The normalized spacial score (nSPS) is 16.5. The summed E-state index contributed by atoms with van der Waals surface area (Å²) >= 11 is 1.43. The largest absolute Gasteiger partial charge is 0.468 e. The zero-order valence-electron chi connectivity index (χ0n) is 16.9. The average molecular weight is 388 g/mol. The lowest BCUT2D eigenvalue weighted by molar-refractivity contribution is -0.139. The summed E-state index contributed by atoms with van der Waals surface area (Å²) in [5, 5.41) is 9.43. The molecule has 0 aliphatic heterocycles. The first kappa shape index (κ1) is 19.9. The number of benzene rings is 1. The summed E-state index contributed by atoms with van der Waals surface area (Å²) < 4.78 is 7.11. The molecule has 0 radical (unpaired) electrons. The number of esters is 1. The molecule has 2 aromatic rings. The standard InChI is InChI=1S/C21H29N3O2S/c1-14(19(25)26-5)27-20-23-22-18(24(20)17-8-6-7-9-17)15-10-12-16(13-11-15)21(2,3)4/h10-14,17H,6-9H2,1-5H3/t14-/m1/s1. The molecule has 0 amide bonds. The fourth-order valence-electron chi connectivity index (χ4n) is 3.54. The zero-order valence-corrected chi connectivity index (χ0v) is 17.7. The Hall–Kier alpha value is -1.82. The van der Waals surface area contributed by atoms with Crippen LogP contribution < -0.4 is 0 Å². The van der Waals surface area contributed by atoms with E-state index in [1.54, 1.807) is 0 Å². The Labute approximate surface area is 165 Å². The maximum absolute atomic E-state index is 11.9. The van der Waals surface area contributed by atoms with E-state index < -0.39 is 0 Å². The van der Waals surface area contributed by atoms with Crippen LogP contribution in [-0.4, -0.2) is 33.1 Å². The molecular formula is C21H29N3O2S. The van der Waals surface area contributed by atoms with Gasteiger partial charge in [-0.1, -0.05) is 69.6 Å². The molecule has 1 aromatic heterocycles. The molecule has 1 saturated carbocycles. The van der Waals surface area contributed by atoms with E-state index in [9.17, 15) is 4.79 Å². The van der Waals surface area contributed by atoms with E-state index in [4.69, 9.17) is 4.74 Å². The van der Waals surface area contributed by atoms with Gasteiger partial charge in [-0.25, -0.2) is 0 Å². The van der Waals surface area contributed by atoms with E-state index in [1.165, 1.54) is 37.3 Å². The molecule has 0 bridgehead atoms. The number of hydrogen-bond acceptors (Lipinski definition) is 5. The van der Waals surface area contributed by atoms with Crippen molar-refractivity contribution in [1.29, 1.82) is 0 Å². The second-order valence-electron chi connectivity index (χ2n) is 8.23. The molecule has 5 nitrogen and oxygen atoms in total. The van der Waals surface area contributed by atoms with Gasteiger partial charge in [0.15, 0.2) is 11.0 Å². The Bertz CT molecular complexity index is 787. The van der Waals surface area contributed by atoms with Gasteiger partial charge in [0.1, 0.15) is 5.25 Å². The molecule has 0 saturated heterocycles. The van der Waals surface area contributed by atoms with Crippen molar-refractivity contribution in [2.24, 2.45) is 0 Å². The maximum Gasteiger partial charge on any atom is 0.318 e. The van der Waals surface area contributed by atoms with Crippen molar-refractivity contribution in [1.82, 2.24) is 14.8 Å². The summed E-state index contributed by atoms with van der Waals surface area (Å²) in [5.74, 6) is 0.652. The van der Waals surface area contributed by atoms with Crippen molar-refractivity contribution in [3.63, 3.8) is 0 Å². The first-order valence-electron chi connectivity index (χ1n) is 9.61. The van der Waals surface area contributed by atoms with Crippen LogP contribution in [0.4, 0.5) is 0 Å². The summed E-state index contributed by atoms with van der Waals surface area (Å²) in [6, 6.07) is 9.01. The molecule has 1 fully saturated rings. The number of thioether (sulfide) groups is 1. The number of aromatic nitrogens is 3. The maximum atomic E-state index is 11.9. The van der Waals surface area contributed by atoms with Gasteiger partial charge in [-0.3, -0.25) is 9.36 Å².